The number of piperidine rings is 2. The monoisotopic (exact) mass is 427 g/mol. The van der Waals surface area contributed by atoms with Crippen LogP contribution in [0.2, 0.25) is 0 Å². The van der Waals surface area contributed by atoms with Crippen molar-refractivity contribution in [3.8, 4) is 0 Å². The third kappa shape index (κ3) is 4.00. The summed E-state index contributed by atoms with van der Waals surface area (Å²) in [5.41, 5.74) is 8.25. The van der Waals surface area contributed by atoms with Crippen LogP contribution in [0.25, 0.3) is 17.7 Å². The Morgan fingerprint density at radius 1 is 0.906 bits per heavy atom. The molecule has 1 aliphatic carbocycles. The first-order valence-corrected chi connectivity index (χ1v) is 12.1. The average molecular weight is 428 g/mol. The predicted octanol–water partition coefficient (Wildman–Crippen LogP) is 5.61. The fourth-order valence-corrected chi connectivity index (χ4v) is 5.57. The van der Waals surface area contributed by atoms with Gasteiger partial charge in [0.25, 0.3) is 0 Å². The van der Waals surface area contributed by atoms with E-state index in [1.807, 2.05) is 6.92 Å². The molecule has 2 amide bonds. The number of amides is 2. The molecule has 0 spiro atoms. The second kappa shape index (κ2) is 9.33. The van der Waals surface area contributed by atoms with Crippen LogP contribution < -0.4 is 5.32 Å². The molecule has 1 unspecified atom stereocenters. The summed E-state index contributed by atoms with van der Waals surface area (Å²) in [7, 11) is 0. The molecular formula is C28H33N3O. The number of hydrogen-bond acceptors (Lipinski definition) is 2. The molecule has 0 bridgehead atoms. The third-order valence-corrected chi connectivity index (χ3v) is 7.14. The van der Waals surface area contributed by atoms with Crippen LogP contribution in [0.15, 0.2) is 54.1 Å². The summed E-state index contributed by atoms with van der Waals surface area (Å²) in [6.45, 7) is 5.57. The van der Waals surface area contributed by atoms with E-state index in [9.17, 15) is 4.79 Å². The van der Waals surface area contributed by atoms with Crippen molar-refractivity contribution in [2.24, 2.45) is 0 Å². The van der Waals surface area contributed by atoms with Crippen molar-refractivity contribution in [3.05, 3.63) is 76.4 Å². The Bertz CT molecular complexity index is 993. The van der Waals surface area contributed by atoms with Crippen molar-refractivity contribution in [1.82, 2.24) is 15.1 Å². The molecule has 2 aromatic carbocycles. The lowest BCUT2D eigenvalue weighted by molar-refractivity contribution is 0.0339. The molecule has 166 valence electrons. The first-order chi connectivity index (χ1) is 15.8. The molecule has 4 nitrogen and oxygen atoms in total. The van der Waals surface area contributed by atoms with Gasteiger partial charge in [-0.05, 0) is 66.9 Å². The second-order valence-corrected chi connectivity index (χ2v) is 9.03. The zero-order valence-corrected chi connectivity index (χ0v) is 19.0. The lowest BCUT2D eigenvalue weighted by Crippen LogP contribution is -2.57. The molecule has 0 saturated carbocycles. The number of carbonyl (C=O) groups excluding carboxylic acids is 1. The van der Waals surface area contributed by atoms with E-state index in [-0.39, 0.29) is 12.2 Å². The topological polar surface area (TPSA) is 35.6 Å². The third-order valence-electron chi connectivity index (χ3n) is 7.14. The molecule has 2 saturated heterocycles. The highest BCUT2D eigenvalue weighted by molar-refractivity contribution is 5.94. The molecule has 0 aromatic heterocycles. The number of hydrogen-bond donors (Lipinski definition) is 1. The Balaban J connectivity index is 1.44. The summed E-state index contributed by atoms with van der Waals surface area (Å²) in [5.74, 6) is 0. The summed E-state index contributed by atoms with van der Waals surface area (Å²) in [4.78, 5) is 17.3. The van der Waals surface area contributed by atoms with Crippen molar-refractivity contribution in [3.63, 3.8) is 0 Å². The number of rotatable bonds is 2. The molecule has 1 atom stereocenters. The van der Waals surface area contributed by atoms with Crippen LogP contribution >= 0.6 is 0 Å². The molecular weight excluding hydrogens is 394 g/mol. The Morgan fingerprint density at radius 3 is 2.16 bits per heavy atom. The molecule has 3 aliphatic rings. The van der Waals surface area contributed by atoms with Crippen LogP contribution in [0.3, 0.4) is 0 Å². The van der Waals surface area contributed by atoms with Crippen LogP contribution in [0.1, 0.15) is 61.3 Å². The quantitative estimate of drug-likeness (QED) is 0.577. The first-order valence-electron chi connectivity index (χ1n) is 12.1. The van der Waals surface area contributed by atoms with Gasteiger partial charge in [-0.1, -0.05) is 66.3 Å². The molecule has 1 N–H and O–H groups in total. The van der Waals surface area contributed by atoms with E-state index in [0.717, 1.165) is 45.3 Å². The minimum Gasteiger partial charge on any atom is -0.338 e. The Kier molecular flexibility index (Phi) is 6.13. The lowest BCUT2D eigenvalue weighted by atomic mass is 9.86. The van der Waals surface area contributed by atoms with Gasteiger partial charge < -0.3 is 10.2 Å². The highest BCUT2D eigenvalue weighted by Gasteiger charge is 2.33. The lowest BCUT2D eigenvalue weighted by Gasteiger charge is -2.44. The molecule has 5 rings (SSSR count). The van der Waals surface area contributed by atoms with E-state index in [1.54, 1.807) is 5.57 Å². The number of carbonyl (C=O) groups is 1. The van der Waals surface area contributed by atoms with Crippen LogP contribution in [0.4, 0.5) is 4.79 Å². The Morgan fingerprint density at radius 2 is 1.53 bits per heavy atom. The molecule has 2 heterocycles. The van der Waals surface area contributed by atoms with Crippen molar-refractivity contribution < 1.29 is 4.79 Å². The van der Waals surface area contributed by atoms with Gasteiger partial charge in [0.05, 0.1) is 6.17 Å². The van der Waals surface area contributed by atoms with Crippen LogP contribution in [0, 0.1) is 0 Å². The van der Waals surface area contributed by atoms with Crippen LogP contribution in [-0.4, -0.2) is 48.2 Å². The summed E-state index contributed by atoms with van der Waals surface area (Å²) in [6.07, 6.45) is 10.2. The zero-order valence-electron chi connectivity index (χ0n) is 19.0. The summed E-state index contributed by atoms with van der Waals surface area (Å²) in [5, 5.41) is 3.02. The Labute approximate surface area is 191 Å². The van der Waals surface area contributed by atoms with Gasteiger partial charge in [-0.15, -0.1) is 0 Å². The fraction of sp³-hybridized carbons (Fsp3) is 0.393. The van der Waals surface area contributed by atoms with Gasteiger partial charge in [-0.2, -0.15) is 0 Å². The number of fused-ring (bicyclic) bond motifs is 2. The molecule has 4 heteroatoms. The van der Waals surface area contributed by atoms with Gasteiger partial charge in [0.1, 0.15) is 0 Å². The maximum atomic E-state index is 12.6. The van der Waals surface area contributed by atoms with E-state index in [1.165, 1.54) is 34.2 Å². The van der Waals surface area contributed by atoms with Crippen LogP contribution in [-0.2, 0) is 0 Å². The standard InChI is InChI=1S/C28H33N3O/c1-2-29-28(32)31-18-8-7-13-26(31)30-19-16-23(17-20-30)27-24-11-5-3-9-21(24)14-15-22-10-4-6-12-25(22)27/h3-6,9-12,14-15,26H,2,7-8,13,16-20H2,1H3,(H,29,32). The number of nitrogens with one attached hydrogen (secondary N) is 1. The Hall–Kier alpha value is -2.85. The highest BCUT2D eigenvalue weighted by atomic mass is 16.2. The number of likely N-dealkylation sites (tertiary alicyclic amines) is 2. The van der Waals surface area contributed by atoms with E-state index in [4.69, 9.17) is 0 Å². The molecule has 2 aliphatic heterocycles. The zero-order chi connectivity index (χ0) is 21.9. The fourth-order valence-electron chi connectivity index (χ4n) is 5.57. The van der Waals surface area contributed by atoms with Crippen molar-refractivity contribution in [1.29, 1.82) is 0 Å². The number of urea groups is 1. The largest absolute Gasteiger partial charge is 0.338 e. The molecule has 0 radical (unpaired) electrons. The SMILES string of the molecule is CCNC(=O)N1CCCCC1N1CCC(=C2c3ccccc3C=Cc3ccccc32)CC1. The summed E-state index contributed by atoms with van der Waals surface area (Å²) in [6, 6.07) is 17.7. The average Bonchev–Trinajstić information content (AvgIpc) is 3.01. The summed E-state index contributed by atoms with van der Waals surface area (Å²) < 4.78 is 0. The molecule has 32 heavy (non-hydrogen) atoms. The van der Waals surface area contributed by atoms with Gasteiger partial charge in [0.15, 0.2) is 0 Å². The first kappa shape index (κ1) is 21.0. The summed E-state index contributed by atoms with van der Waals surface area (Å²) >= 11 is 0. The van der Waals surface area contributed by atoms with E-state index in [0.29, 0.717) is 6.54 Å². The minimum absolute atomic E-state index is 0.0963. The molecule has 2 fully saturated rings. The van der Waals surface area contributed by atoms with E-state index >= 15 is 0 Å². The van der Waals surface area contributed by atoms with Crippen molar-refractivity contribution >= 4 is 23.8 Å². The highest BCUT2D eigenvalue weighted by Crippen LogP contribution is 2.39. The van der Waals surface area contributed by atoms with E-state index in [2.05, 4.69) is 75.8 Å². The van der Waals surface area contributed by atoms with Crippen LogP contribution in [0.5, 0.6) is 0 Å². The smallest absolute Gasteiger partial charge is 0.318 e. The van der Waals surface area contributed by atoms with Gasteiger partial charge in [-0.25, -0.2) is 4.79 Å². The maximum Gasteiger partial charge on any atom is 0.318 e. The minimum atomic E-state index is 0.0963. The van der Waals surface area contributed by atoms with Crippen molar-refractivity contribution in [2.45, 2.75) is 45.2 Å². The molecule has 2 aromatic rings. The van der Waals surface area contributed by atoms with Gasteiger partial charge >= 0.3 is 6.03 Å². The van der Waals surface area contributed by atoms with E-state index < -0.39 is 0 Å². The van der Waals surface area contributed by atoms with Gasteiger partial charge in [0.2, 0.25) is 0 Å². The second-order valence-electron chi connectivity index (χ2n) is 9.03. The maximum absolute atomic E-state index is 12.6. The predicted molar refractivity (Wildman–Crippen MR) is 132 cm³/mol. The van der Waals surface area contributed by atoms with Gasteiger partial charge in [-0.3, -0.25) is 4.90 Å². The number of nitrogens with zero attached hydrogens (tertiary/aromatic N) is 2. The number of benzene rings is 2. The van der Waals surface area contributed by atoms with Crippen molar-refractivity contribution in [2.75, 3.05) is 26.2 Å². The normalized spacial score (nSPS) is 21.0. The van der Waals surface area contributed by atoms with Gasteiger partial charge in [0, 0.05) is 26.2 Å².